The first-order valence-corrected chi connectivity index (χ1v) is 10.1. The summed E-state index contributed by atoms with van der Waals surface area (Å²) >= 11 is 0. The second-order valence-corrected chi connectivity index (χ2v) is 9.77. The van der Waals surface area contributed by atoms with E-state index in [-0.39, 0.29) is 28.2 Å². The Labute approximate surface area is 155 Å². The van der Waals surface area contributed by atoms with Gasteiger partial charge in [-0.05, 0) is 73.5 Å². The summed E-state index contributed by atoms with van der Waals surface area (Å²) in [6.45, 7) is 8.75. The minimum atomic E-state index is -0.225. The quantitative estimate of drug-likeness (QED) is 0.475. The Hall–Kier alpha value is -1.64. The van der Waals surface area contributed by atoms with Crippen molar-refractivity contribution in [2.24, 2.45) is 28.6 Å². The Morgan fingerprint density at radius 2 is 1.88 bits per heavy atom. The van der Waals surface area contributed by atoms with Gasteiger partial charge in [-0.15, -0.1) is 0 Å². The Morgan fingerprint density at radius 3 is 2.62 bits per heavy atom. The smallest absolute Gasteiger partial charge is 0.306 e. The van der Waals surface area contributed by atoms with E-state index >= 15 is 0 Å². The van der Waals surface area contributed by atoms with Crippen molar-refractivity contribution >= 4 is 11.8 Å². The highest BCUT2D eigenvalue weighted by Gasteiger charge is 2.66. The summed E-state index contributed by atoms with van der Waals surface area (Å²) in [6, 6.07) is 0. The van der Waals surface area contributed by atoms with E-state index in [4.69, 9.17) is 4.74 Å². The van der Waals surface area contributed by atoms with Gasteiger partial charge in [0.25, 0.3) is 0 Å². The average Bonchev–Trinajstić information content (AvgIpc) is 3.10. The van der Waals surface area contributed by atoms with Gasteiger partial charge in [-0.3, -0.25) is 9.59 Å². The molecule has 0 bridgehead atoms. The van der Waals surface area contributed by atoms with E-state index in [0.29, 0.717) is 24.2 Å². The molecule has 26 heavy (non-hydrogen) atoms. The van der Waals surface area contributed by atoms with Gasteiger partial charge in [0.05, 0.1) is 0 Å². The van der Waals surface area contributed by atoms with Crippen LogP contribution in [0.3, 0.4) is 0 Å². The van der Waals surface area contributed by atoms with Gasteiger partial charge in [-0.25, -0.2) is 0 Å². The third kappa shape index (κ3) is 1.84. The van der Waals surface area contributed by atoms with Gasteiger partial charge in [-0.2, -0.15) is 0 Å². The zero-order valence-electron chi connectivity index (χ0n) is 15.8. The Bertz CT molecular complexity index is 789. The van der Waals surface area contributed by atoms with E-state index in [1.807, 2.05) is 6.08 Å². The van der Waals surface area contributed by atoms with Crippen molar-refractivity contribution in [3.8, 4) is 0 Å². The summed E-state index contributed by atoms with van der Waals surface area (Å²) in [4.78, 5) is 24.1. The molecule has 6 atom stereocenters. The fourth-order valence-corrected chi connectivity index (χ4v) is 7.34. The lowest BCUT2D eigenvalue weighted by Gasteiger charge is -2.57. The van der Waals surface area contributed by atoms with Gasteiger partial charge in [0.15, 0.2) is 5.78 Å². The maximum atomic E-state index is 12.1. The normalized spacial score (nSPS) is 49.5. The maximum Gasteiger partial charge on any atom is 0.306 e. The third-order valence-electron chi connectivity index (χ3n) is 8.86. The molecular weight excluding hydrogens is 324 g/mol. The van der Waals surface area contributed by atoms with Crippen LogP contribution in [0.1, 0.15) is 58.8 Å². The lowest BCUT2D eigenvalue weighted by atomic mass is 9.48. The van der Waals surface area contributed by atoms with E-state index < -0.39 is 0 Å². The van der Waals surface area contributed by atoms with E-state index in [0.717, 1.165) is 44.1 Å². The first-order valence-electron chi connectivity index (χ1n) is 10.1. The lowest BCUT2D eigenvalue weighted by molar-refractivity contribution is -0.165. The second kappa shape index (κ2) is 4.99. The highest BCUT2D eigenvalue weighted by molar-refractivity contribution is 6.05. The molecule has 4 aliphatic carbocycles. The summed E-state index contributed by atoms with van der Waals surface area (Å²) in [7, 11) is 0. The molecule has 1 spiro atoms. The van der Waals surface area contributed by atoms with E-state index in [1.165, 1.54) is 5.57 Å². The van der Waals surface area contributed by atoms with Crippen LogP contribution < -0.4 is 0 Å². The predicted octanol–water partition coefficient (Wildman–Crippen LogP) is 4.54. The molecule has 5 rings (SSSR count). The Balaban J connectivity index is 1.54. The first kappa shape index (κ1) is 16.5. The number of ether oxygens (including phenoxy) is 1. The zero-order valence-corrected chi connectivity index (χ0v) is 15.8. The molecule has 3 heteroatoms. The average molecular weight is 352 g/mol. The number of rotatable bonds is 0. The van der Waals surface area contributed by atoms with Gasteiger partial charge in [0, 0.05) is 17.3 Å². The Kier molecular flexibility index (Phi) is 3.17. The molecule has 0 aromatic rings. The second-order valence-electron chi connectivity index (χ2n) is 9.77. The minimum absolute atomic E-state index is 0.00698. The largest absolute Gasteiger partial charge is 0.458 e. The summed E-state index contributed by atoms with van der Waals surface area (Å²) in [5.74, 6) is 1.71. The summed E-state index contributed by atoms with van der Waals surface area (Å²) in [5.41, 5.74) is 1.83. The molecule has 0 N–H and O–H groups in total. The van der Waals surface area contributed by atoms with Gasteiger partial charge in [-0.1, -0.05) is 32.6 Å². The number of hydrogen-bond donors (Lipinski definition) is 0. The standard InChI is InChI=1S/C23H28O3/c1-14-13-21(2)15(12-19(14)24)4-5-16-17(21)6-9-22(3)18(16)7-10-23(22)11-8-20(25)26-23/h4-5,12,16-18H,1,6-11,13H2,2-3H3/t16-,17+,18+,21+,22+,23-/m1/s1. The van der Waals surface area contributed by atoms with Crippen LogP contribution in [0.15, 0.2) is 36.0 Å². The van der Waals surface area contributed by atoms with Crippen molar-refractivity contribution in [3.05, 3.63) is 36.0 Å². The van der Waals surface area contributed by atoms with Gasteiger partial charge < -0.3 is 4.74 Å². The maximum absolute atomic E-state index is 12.1. The van der Waals surface area contributed by atoms with Crippen molar-refractivity contribution in [2.45, 2.75) is 64.4 Å². The molecule has 1 aliphatic heterocycles. The Morgan fingerprint density at radius 1 is 1.12 bits per heavy atom. The van der Waals surface area contributed by atoms with E-state index in [2.05, 4.69) is 32.6 Å². The van der Waals surface area contributed by atoms with Crippen molar-refractivity contribution in [1.82, 2.24) is 0 Å². The molecule has 1 saturated heterocycles. The van der Waals surface area contributed by atoms with Crippen LogP contribution in [0.25, 0.3) is 0 Å². The van der Waals surface area contributed by atoms with Crippen molar-refractivity contribution in [3.63, 3.8) is 0 Å². The van der Waals surface area contributed by atoms with Gasteiger partial charge >= 0.3 is 5.97 Å². The lowest BCUT2D eigenvalue weighted by Crippen LogP contribution is -2.53. The SMILES string of the molecule is C=C1C[C@@]2(C)C(=CC1=O)C=C[C@@H]1[C@@H]2CC[C@@]2(C)[C@H]1CC[C@@]21CCC(=O)O1. The number of esters is 1. The highest BCUT2D eigenvalue weighted by Crippen LogP contribution is 2.68. The van der Waals surface area contributed by atoms with Crippen molar-refractivity contribution in [2.75, 3.05) is 0 Å². The van der Waals surface area contributed by atoms with E-state index in [9.17, 15) is 9.59 Å². The predicted molar refractivity (Wildman–Crippen MR) is 99.2 cm³/mol. The molecule has 3 nitrogen and oxygen atoms in total. The van der Waals surface area contributed by atoms with Crippen LogP contribution in [0.4, 0.5) is 0 Å². The number of fused-ring (bicyclic) bond motifs is 6. The van der Waals surface area contributed by atoms with Crippen LogP contribution in [0.2, 0.25) is 0 Å². The number of carbonyl (C=O) groups is 2. The fourth-order valence-electron chi connectivity index (χ4n) is 7.34. The van der Waals surface area contributed by atoms with Crippen LogP contribution >= 0.6 is 0 Å². The van der Waals surface area contributed by atoms with Crippen LogP contribution in [0, 0.1) is 28.6 Å². The number of ketones is 1. The monoisotopic (exact) mass is 352 g/mol. The summed E-state index contributed by atoms with van der Waals surface area (Å²) in [6.07, 6.45) is 13.1. The number of allylic oxidation sites excluding steroid dienone is 5. The first-order chi connectivity index (χ1) is 12.3. The van der Waals surface area contributed by atoms with Crippen LogP contribution in [0.5, 0.6) is 0 Å². The van der Waals surface area contributed by atoms with Gasteiger partial charge in [0.1, 0.15) is 5.60 Å². The minimum Gasteiger partial charge on any atom is -0.458 e. The number of hydrogen-bond acceptors (Lipinski definition) is 3. The molecule has 2 saturated carbocycles. The van der Waals surface area contributed by atoms with Gasteiger partial charge in [0.2, 0.25) is 0 Å². The molecule has 5 aliphatic rings. The summed E-state index contributed by atoms with van der Waals surface area (Å²) < 4.78 is 5.99. The van der Waals surface area contributed by atoms with E-state index in [1.54, 1.807) is 0 Å². The van der Waals surface area contributed by atoms with Crippen molar-refractivity contribution < 1.29 is 14.3 Å². The molecule has 3 fully saturated rings. The third-order valence-corrected chi connectivity index (χ3v) is 8.86. The molecule has 0 unspecified atom stereocenters. The highest BCUT2D eigenvalue weighted by atomic mass is 16.6. The number of carbonyl (C=O) groups excluding carboxylic acids is 2. The molecule has 1 heterocycles. The fraction of sp³-hybridized carbons (Fsp3) is 0.652. The summed E-state index contributed by atoms with van der Waals surface area (Å²) in [5, 5.41) is 0. The van der Waals surface area contributed by atoms with Crippen LogP contribution in [-0.2, 0) is 14.3 Å². The molecule has 138 valence electrons. The zero-order chi connectivity index (χ0) is 18.3. The molecule has 0 aromatic carbocycles. The topological polar surface area (TPSA) is 43.4 Å². The molecular formula is C23H28O3. The molecule has 0 amide bonds. The van der Waals surface area contributed by atoms with Crippen molar-refractivity contribution in [1.29, 1.82) is 0 Å². The van der Waals surface area contributed by atoms with Crippen LogP contribution in [-0.4, -0.2) is 17.4 Å². The molecule has 0 aromatic heterocycles. The molecule has 0 radical (unpaired) electrons.